The molecule has 0 saturated carbocycles. The van der Waals surface area contributed by atoms with Crippen LogP contribution in [0.1, 0.15) is 50.1 Å². The van der Waals surface area contributed by atoms with Gasteiger partial charge in [-0.1, -0.05) is 57.0 Å². The highest BCUT2D eigenvalue weighted by Gasteiger charge is 2.22. The molecule has 0 aliphatic carbocycles. The lowest BCUT2D eigenvalue weighted by molar-refractivity contribution is 0.0954. The number of ether oxygens (including phenoxy) is 1. The van der Waals surface area contributed by atoms with Gasteiger partial charge in [-0.2, -0.15) is 5.10 Å². The number of ketones is 1. The maximum absolute atomic E-state index is 12.9. The molecular weight excluding hydrogens is 440 g/mol. The molecule has 1 aliphatic heterocycles. The summed E-state index contributed by atoms with van der Waals surface area (Å²) in [6.45, 7) is 7.24. The molecule has 0 bridgehead atoms. The standard InChI is InChI=1S/C28H32N4O3/c1-20(2)8-6-7-11-25(33)26-18-23-28(35-26)24(31-14-16-34-17-15-31)19-27(29-23)32-13-12-22(30-32)21-9-4-3-5-10-21/h3-5,9-10,12-13,18-20H,6-8,11,14-17H2,1-2H3. The highest BCUT2D eigenvalue weighted by molar-refractivity contribution is 5.99. The Morgan fingerprint density at radius 2 is 1.86 bits per heavy atom. The summed E-state index contributed by atoms with van der Waals surface area (Å²) in [5.41, 5.74) is 4.17. The fraction of sp³-hybridized carbons (Fsp3) is 0.393. The Morgan fingerprint density at radius 3 is 2.63 bits per heavy atom. The van der Waals surface area contributed by atoms with E-state index < -0.39 is 0 Å². The first-order chi connectivity index (χ1) is 17.1. The molecule has 182 valence electrons. The van der Waals surface area contributed by atoms with Crippen molar-refractivity contribution in [3.05, 3.63) is 60.5 Å². The summed E-state index contributed by atoms with van der Waals surface area (Å²) in [5.74, 6) is 1.76. The van der Waals surface area contributed by atoms with Gasteiger partial charge < -0.3 is 14.1 Å². The first-order valence-electron chi connectivity index (χ1n) is 12.5. The predicted molar refractivity (Wildman–Crippen MR) is 137 cm³/mol. The van der Waals surface area contributed by atoms with Crippen LogP contribution in [0.15, 0.2) is 59.1 Å². The zero-order valence-corrected chi connectivity index (χ0v) is 20.4. The Labute approximate surface area is 205 Å². The Kier molecular flexibility index (Phi) is 6.95. The Balaban J connectivity index is 1.47. The molecule has 5 rings (SSSR count). The van der Waals surface area contributed by atoms with Gasteiger partial charge in [-0.05, 0) is 18.4 Å². The lowest BCUT2D eigenvalue weighted by atomic mass is 10.0. The van der Waals surface area contributed by atoms with Crippen molar-refractivity contribution in [3.63, 3.8) is 0 Å². The summed E-state index contributed by atoms with van der Waals surface area (Å²) >= 11 is 0. The third-order valence-electron chi connectivity index (χ3n) is 6.40. The van der Waals surface area contributed by atoms with Crippen molar-refractivity contribution in [2.75, 3.05) is 31.2 Å². The monoisotopic (exact) mass is 472 g/mol. The minimum atomic E-state index is 0.0340. The molecule has 1 aromatic carbocycles. The number of Topliss-reactive ketones (excluding diaryl/α,β-unsaturated/α-hetero) is 1. The van der Waals surface area contributed by atoms with Crippen LogP contribution in [0.25, 0.3) is 28.2 Å². The number of pyridine rings is 1. The SMILES string of the molecule is CC(C)CCCCC(=O)c1cc2nc(-n3ccc(-c4ccccc4)n3)cc(N3CCOCC3)c2o1. The molecule has 0 amide bonds. The molecule has 0 spiro atoms. The Bertz CT molecular complexity index is 1290. The number of benzene rings is 1. The van der Waals surface area contributed by atoms with Crippen molar-refractivity contribution < 1.29 is 13.9 Å². The van der Waals surface area contributed by atoms with Crippen LogP contribution in [0, 0.1) is 5.92 Å². The summed E-state index contributed by atoms with van der Waals surface area (Å²) < 4.78 is 13.5. The average molecular weight is 473 g/mol. The van der Waals surface area contributed by atoms with E-state index >= 15 is 0 Å². The van der Waals surface area contributed by atoms with Crippen LogP contribution >= 0.6 is 0 Å². The van der Waals surface area contributed by atoms with E-state index in [2.05, 4.69) is 18.7 Å². The summed E-state index contributed by atoms with van der Waals surface area (Å²) in [6.07, 6.45) is 5.47. The zero-order valence-electron chi connectivity index (χ0n) is 20.4. The van der Waals surface area contributed by atoms with Gasteiger partial charge >= 0.3 is 0 Å². The second kappa shape index (κ2) is 10.4. The molecule has 0 N–H and O–H groups in total. The van der Waals surface area contributed by atoms with Crippen molar-refractivity contribution in [2.24, 2.45) is 5.92 Å². The Morgan fingerprint density at radius 1 is 1.06 bits per heavy atom. The van der Waals surface area contributed by atoms with E-state index in [1.807, 2.05) is 48.7 Å². The van der Waals surface area contributed by atoms with Crippen molar-refractivity contribution in [3.8, 4) is 17.1 Å². The third-order valence-corrected chi connectivity index (χ3v) is 6.40. The smallest absolute Gasteiger partial charge is 0.198 e. The Hall–Kier alpha value is -3.45. The number of fused-ring (bicyclic) bond motifs is 1. The number of carbonyl (C=O) groups is 1. The molecule has 1 aliphatic rings. The van der Waals surface area contributed by atoms with E-state index in [1.165, 1.54) is 0 Å². The number of furan rings is 1. The number of carbonyl (C=O) groups excluding carboxylic acids is 1. The highest BCUT2D eigenvalue weighted by Crippen LogP contribution is 2.32. The van der Waals surface area contributed by atoms with Crippen LogP contribution in [0.4, 0.5) is 5.69 Å². The lowest BCUT2D eigenvalue weighted by Crippen LogP contribution is -2.36. The molecule has 0 atom stereocenters. The largest absolute Gasteiger partial charge is 0.449 e. The summed E-state index contributed by atoms with van der Waals surface area (Å²) in [6, 6.07) is 15.8. The van der Waals surface area contributed by atoms with Crippen molar-refractivity contribution >= 4 is 22.6 Å². The van der Waals surface area contributed by atoms with Gasteiger partial charge in [-0.25, -0.2) is 9.67 Å². The predicted octanol–water partition coefficient (Wildman–Crippen LogP) is 5.92. The van der Waals surface area contributed by atoms with Gasteiger partial charge in [0, 0.05) is 43.4 Å². The van der Waals surface area contributed by atoms with Gasteiger partial charge in [0.1, 0.15) is 5.52 Å². The summed E-state index contributed by atoms with van der Waals surface area (Å²) in [4.78, 5) is 20.0. The van der Waals surface area contributed by atoms with Gasteiger partial charge in [0.25, 0.3) is 0 Å². The van der Waals surface area contributed by atoms with Gasteiger partial charge in [0.05, 0.1) is 24.6 Å². The number of rotatable bonds is 9. The molecule has 0 radical (unpaired) electrons. The fourth-order valence-corrected chi connectivity index (χ4v) is 4.46. The van der Waals surface area contributed by atoms with E-state index in [0.717, 1.165) is 49.3 Å². The highest BCUT2D eigenvalue weighted by atomic mass is 16.5. The first kappa shape index (κ1) is 23.3. The van der Waals surface area contributed by atoms with Gasteiger partial charge in [0.2, 0.25) is 0 Å². The molecule has 4 aromatic rings. The number of hydrogen-bond acceptors (Lipinski definition) is 6. The molecular formula is C28H32N4O3. The van der Waals surface area contributed by atoms with E-state index in [9.17, 15) is 4.79 Å². The molecule has 1 fully saturated rings. The van der Waals surface area contributed by atoms with E-state index in [4.69, 9.17) is 19.2 Å². The van der Waals surface area contributed by atoms with Crippen LogP contribution in [0.2, 0.25) is 0 Å². The normalized spacial score (nSPS) is 14.2. The minimum absolute atomic E-state index is 0.0340. The number of hydrogen-bond donors (Lipinski definition) is 0. The molecule has 7 heteroatoms. The topological polar surface area (TPSA) is 73.4 Å². The molecule has 35 heavy (non-hydrogen) atoms. The number of morpholine rings is 1. The van der Waals surface area contributed by atoms with E-state index in [0.29, 0.717) is 48.2 Å². The van der Waals surface area contributed by atoms with E-state index in [1.54, 1.807) is 10.7 Å². The van der Waals surface area contributed by atoms with Crippen LogP contribution in [-0.4, -0.2) is 46.9 Å². The second-order valence-electron chi connectivity index (χ2n) is 9.50. The molecule has 4 heterocycles. The fourth-order valence-electron chi connectivity index (χ4n) is 4.46. The van der Waals surface area contributed by atoms with Crippen LogP contribution in [0.5, 0.6) is 0 Å². The first-order valence-corrected chi connectivity index (χ1v) is 12.5. The van der Waals surface area contributed by atoms with Crippen molar-refractivity contribution in [2.45, 2.75) is 39.5 Å². The van der Waals surface area contributed by atoms with Gasteiger partial charge in [-0.3, -0.25) is 4.79 Å². The number of nitrogens with zero attached hydrogens (tertiary/aromatic N) is 4. The van der Waals surface area contributed by atoms with Gasteiger partial charge in [0.15, 0.2) is 22.9 Å². The lowest BCUT2D eigenvalue weighted by Gasteiger charge is -2.28. The van der Waals surface area contributed by atoms with Crippen LogP contribution in [0.3, 0.4) is 0 Å². The summed E-state index contributed by atoms with van der Waals surface area (Å²) in [5, 5.41) is 4.76. The quantitative estimate of drug-likeness (QED) is 0.222. The van der Waals surface area contributed by atoms with Crippen molar-refractivity contribution in [1.82, 2.24) is 14.8 Å². The molecule has 7 nitrogen and oxygen atoms in total. The number of anilines is 1. The molecule has 1 saturated heterocycles. The zero-order chi connectivity index (χ0) is 24.2. The average Bonchev–Trinajstić information content (AvgIpc) is 3.55. The number of aromatic nitrogens is 3. The maximum Gasteiger partial charge on any atom is 0.198 e. The molecule has 3 aromatic heterocycles. The molecule has 0 unspecified atom stereocenters. The van der Waals surface area contributed by atoms with Gasteiger partial charge in [-0.15, -0.1) is 0 Å². The van der Waals surface area contributed by atoms with Crippen molar-refractivity contribution in [1.29, 1.82) is 0 Å². The van der Waals surface area contributed by atoms with Crippen LogP contribution in [-0.2, 0) is 4.74 Å². The maximum atomic E-state index is 12.9. The number of unbranched alkanes of at least 4 members (excludes halogenated alkanes) is 1. The van der Waals surface area contributed by atoms with E-state index in [-0.39, 0.29) is 5.78 Å². The van der Waals surface area contributed by atoms with Crippen LogP contribution < -0.4 is 4.90 Å². The minimum Gasteiger partial charge on any atom is -0.449 e. The second-order valence-corrected chi connectivity index (χ2v) is 9.50. The summed E-state index contributed by atoms with van der Waals surface area (Å²) in [7, 11) is 0. The third kappa shape index (κ3) is 5.30.